The molecule has 0 aliphatic rings. The first kappa shape index (κ1) is 15.4. The summed E-state index contributed by atoms with van der Waals surface area (Å²) in [5.74, 6) is 0.573. The number of carbonyl (C=O) groups excluding carboxylic acids is 1. The first-order valence-corrected chi connectivity index (χ1v) is 6.93. The lowest BCUT2D eigenvalue weighted by Gasteiger charge is -2.07. The van der Waals surface area contributed by atoms with E-state index in [-0.39, 0.29) is 5.91 Å². The zero-order valence-electron chi connectivity index (χ0n) is 12.6. The van der Waals surface area contributed by atoms with Crippen molar-refractivity contribution in [3.63, 3.8) is 0 Å². The lowest BCUT2D eigenvalue weighted by molar-refractivity contribution is -0.111. The van der Waals surface area contributed by atoms with Gasteiger partial charge in [-0.3, -0.25) is 4.79 Å². The monoisotopic (exact) mass is 294 g/mol. The number of hydrogen-bond donors (Lipinski definition) is 2. The first-order chi connectivity index (χ1) is 10.7. The molecule has 0 atom stereocenters. The van der Waals surface area contributed by atoms with E-state index in [1.54, 1.807) is 12.2 Å². The quantitative estimate of drug-likeness (QED) is 0.653. The SMILES string of the molecule is C/C=C/C=C/C(=O)Nc1ccc(Nc2cc(C)ncn2)cc1. The standard InChI is InChI=1S/C17H18N4O/c1-3-4-5-6-17(22)21-15-9-7-14(8-10-15)20-16-11-13(2)18-12-19-16/h3-12H,1-2H3,(H,21,22)(H,18,19,20)/b4-3+,6-5+. The molecule has 1 amide bonds. The molecule has 0 saturated heterocycles. The number of aryl methyl sites for hydroxylation is 1. The van der Waals surface area contributed by atoms with Crippen LogP contribution >= 0.6 is 0 Å². The topological polar surface area (TPSA) is 66.9 Å². The highest BCUT2D eigenvalue weighted by molar-refractivity contribution is 5.99. The average Bonchev–Trinajstić information content (AvgIpc) is 2.50. The average molecular weight is 294 g/mol. The van der Waals surface area contributed by atoms with Gasteiger partial charge < -0.3 is 10.6 Å². The Bertz CT molecular complexity index is 690. The van der Waals surface area contributed by atoms with E-state index in [1.165, 1.54) is 12.4 Å². The fourth-order valence-electron chi connectivity index (χ4n) is 1.75. The smallest absolute Gasteiger partial charge is 0.248 e. The van der Waals surface area contributed by atoms with Crippen molar-refractivity contribution in [2.75, 3.05) is 10.6 Å². The maximum absolute atomic E-state index is 11.6. The summed E-state index contributed by atoms with van der Waals surface area (Å²) in [7, 11) is 0. The van der Waals surface area contributed by atoms with Gasteiger partial charge in [-0.2, -0.15) is 0 Å². The molecule has 22 heavy (non-hydrogen) atoms. The summed E-state index contributed by atoms with van der Waals surface area (Å²) >= 11 is 0. The molecule has 0 fully saturated rings. The van der Waals surface area contributed by atoms with Gasteiger partial charge in [0, 0.05) is 29.2 Å². The Morgan fingerprint density at radius 3 is 2.50 bits per heavy atom. The predicted molar refractivity (Wildman–Crippen MR) is 89.1 cm³/mol. The second-order valence-electron chi connectivity index (χ2n) is 4.62. The first-order valence-electron chi connectivity index (χ1n) is 6.93. The van der Waals surface area contributed by atoms with Crippen molar-refractivity contribution in [2.45, 2.75) is 13.8 Å². The molecule has 0 spiro atoms. The van der Waals surface area contributed by atoms with E-state index >= 15 is 0 Å². The minimum atomic E-state index is -0.162. The van der Waals surface area contributed by atoms with Crippen LogP contribution in [0.2, 0.25) is 0 Å². The van der Waals surface area contributed by atoms with Crippen molar-refractivity contribution >= 4 is 23.1 Å². The van der Waals surface area contributed by atoms with Gasteiger partial charge in [0.15, 0.2) is 0 Å². The fourth-order valence-corrected chi connectivity index (χ4v) is 1.75. The summed E-state index contributed by atoms with van der Waals surface area (Å²) in [6.45, 7) is 3.81. The molecule has 5 nitrogen and oxygen atoms in total. The summed E-state index contributed by atoms with van der Waals surface area (Å²) < 4.78 is 0. The Labute approximate surface area is 129 Å². The van der Waals surface area contributed by atoms with Crippen LogP contribution in [0.4, 0.5) is 17.2 Å². The van der Waals surface area contributed by atoms with Gasteiger partial charge in [0.1, 0.15) is 12.1 Å². The van der Waals surface area contributed by atoms with Gasteiger partial charge in [-0.25, -0.2) is 9.97 Å². The number of allylic oxidation sites excluding steroid dienone is 3. The summed E-state index contributed by atoms with van der Waals surface area (Å²) in [6, 6.07) is 9.28. The van der Waals surface area contributed by atoms with Gasteiger partial charge in [-0.05, 0) is 38.1 Å². The maximum Gasteiger partial charge on any atom is 0.248 e. The number of carbonyl (C=O) groups is 1. The largest absolute Gasteiger partial charge is 0.340 e. The molecule has 0 aliphatic carbocycles. The number of nitrogens with one attached hydrogen (secondary N) is 2. The molecule has 0 saturated carbocycles. The van der Waals surface area contributed by atoms with Crippen molar-refractivity contribution in [3.8, 4) is 0 Å². The van der Waals surface area contributed by atoms with E-state index in [2.05, 4.69) is 20.6 Å². The van der Waals surface area contributed by atoms with Crippen LogP contribution < -0.4 is 10.6 Å². The maximum atomic E-state index is 11.6. The second kappa shape index (κ2) is 7.73. The third-order valence-corrected chi connectivity index (χ3v) is 2.78. The van der Waals surface area contributed by atoms with Crippen molar-refractivity contribution in [1.82, 2.24) is 9.97 Å². The van der Waals surface area contributed by atoms with Crippen LogP contribution in [0, 0.1) is 6.92 Å². The van der Waals surface area contributed by atoms with E-state index in [9.17, 15) is 4.79 Å². The minimum absolute atomic E-state index is 0.162. The van der Waals surface area contributed by atoms with Crippen molar-refractivity contribution in [2.24, 2.45) is 0 Å². The molecule has 0 aliphatic heterocycles. The molecular weight excluding hydrogens is 276 g/mol. The van der Waals surface area contributed by atoms with Crippen molar-refractivity contribution in [1.29, 1.82) is 0 Å². The zero-order valence-corrected chi connectivity index (χ0v) is 12.6. The van der Waals surface area contributed by atoms with E-state index in [0.717, 1.165) is 22.9 Å². The molecule has 2 rings (SSSR count). The van der Waals surface area contributed by atoms with Crippen LogP contribution in [0.1, 0.15) is 12.6 Å². The number of rotatable bonds is 5. The Hall–Kier alpha value is -2.95. The molecule has 2 aromatic rings. The lowest BCUT2D eigenvalue weighted by atomic mass is 10.2. The Morgan fingerprint density at radius 1 is 1.09 bits per heavy atom. The number of benzene rings is 1. The zero-order chi connectivity index (χ0) is 15.8. The van der Waals surface area contributed by atoms with Gasteiger partial charge in [0.2, 0.25) is 5.91 Å². The van der Waals surface area contributed by atoms with Crippen LogP contribution in [-0.2, 0) is 4.79 Å². The predicted octanol–water partition coefficient (Wildman–Crippen LogP) is 3.60. The lowest BCUT2D eigenvalue weighted by Crippen LogP contribution is -2.07. The molecule has 2 N–H and O–H groups in total. The Morgan fingerprint density at radius 2 is 1.82 bits per heavy atom. The van der Waals surface area contributed by atoms with Gasteiger partial charge in [-0.15, -0.1) is 0 Å². The van der Waals surface area contributed by atoms with E-state index in [0.29, 0.717) is 0 Å². The molecule has 0 bridgehead atoms. The van der Waals surface area contributed by atoms with E-state index in [4.69, 9.17) is 0 Å². The third-order valence-electron chi connectivity index (χ3n) is 2.78. The summed E-state index contributed by atoms with van der Waals surface area (Å²) in [5, 5.41) is 5.97. The molecule has 5 heteroatoms. The summed E-state index contributed by atoms with van der Waals surface area (Å²) in [4.78, 5) is 19.8. The highest BCUT2D eigenvalue weighted by Crippen LogP contribution is 2.17. The Balaban J connectivity index is 1.97. The molecule has 0 radical (unpaired) electrons. The number of hydrogen-bond acceptors (Lipinski definition) is 4. The van der Waals surface area contributed by atoms with Crippen LogP contribution in [0.3, 0.4) is 0 Å². The number of amides is 1. The number of nitrogens with zero attached hydrogens (tertiary/aromatic N) is 2. The second-order valence-corrected chi connectivity index (χ2v) is 4.62. The fraction of sp³-hybridized carbons (Fsp3) is 0.118. The molecule has 0 unspecified atom stereocenters. The molecule has 1 aromatic heterocycles. The van der Waals surface area contributed by atoms with Gasteiger partial charge in [0.25, 0.3) is 0 Å². The summed E-state index contributed by atoms with van der Waals surface area (Å²) in [5.41, 5.74) is 2.52. The van der Waals surface area contributed by atoms with Crippen molar-refractivity contribution in [3.05, 3.63) is 66.7 Å². The van der Waals surface area contributed by atoms with Gasteiger partial charge in [-0.1, -0.05) is 18.2 Å². The Kier molecular flexibility index (Phi) is 5.43. The normalized spacial score (nSPS) is 11.0. The third kappa shape index (κ3) is 4.86. The van der Waals surface area contributed by atoms with Crippen molar-refractivity contribution < 1.29 is 4.79 Å². The highest BCUT2D eigenvalue weighted by atomic mass is 16.1. The van der Waals surface area contributed by atoms with Crippen LogP contribution in [0.5, 0.6) is 0 Å². The summed E-state index contributed by atoms with van der Waals surface area (Å²) in [6.07, 6.45) is 8.36. The minimum Gasteiger partial charge on any atom is -0.340 e. The van der Waals surface area contributed by atoms with Crippen LogP contribution in [0.25, 0.3) is 0 Å². The van der Waals surface area contributed by atoms with E-state index < -0.39 is 0 Å². The van der Waals surface area contributed by atoms with E-state index in [1.807, 2.05) is 50.3 Å². The molecule has 1 heterocycles. The van der Waals surface area contributed by atoms with Crippen LogP contribution in [0.15, 0.2) is 61.0 Å². The van der Waals surface area contributed by atoms with Gasteiger partial charge in [0.05, 0.1) is 0 Å². The number of anilines is 3. The number of aromatic nitrogens is 2. The van der Waals surface area contributed by atoms with Crippen LogP contribution in [-0.4, -0.2) is 15.9 Å². The highest BCUT2D eigenvalue weighted by Gasteiger charge is 1.99. The molecule has 112 valence electrons. The van der Waals surface area contributed by atoms with Gasteiger partial charge >= 0.3 is 0 Å². The molecule has 1 aromatic carbocycles. The molecular formula is C17H18N4O.